The lowest BCUT2D eigenvalue weighted by Gasteiger charge is -2.33. The van der Waals surface area contributed by atoms with Gasteiger partial charge in [0, 0.05) is 18.7 Å². The highest BCUT2D eigenvalue weighted by molar-refractivity contribution is 5.76. The van der Waals surface area contributed by atoms with Crippen molar-refractivity contribution in [2.24, 2.45) is 0 Å². The molecule has 1 atom stereocenters. The molecule has 1 aromatic heterocycles. The number of morpholine rings is 1. The molecule has 0 aliphatic carbocycles. The van der Waals surface area contributed by atoms with Gasteiger partial charge >= 0.3 is 0 Å². The average molecular weight is 345 g/mol. The quantitative estimate of drug-likeness (QED) is 0.927. The highest BCUT2D eigenvalue weighted by Gasteiger charge is 2.25. The number of nitrogens with one attached hydrogen (secondary N) is 1. The number of amides is 1. The van der Waals surface area contributed by atoms with Crippen LogP contribution in [0.1, 0.15) is 40.6 Å². The first kappa shape index (κ1) is 17.6. The highest BCUT2D eigenvalue weighted by atomic mass is 19.1. The van der Waals surface area contributed by atoms with Crippen LogP contribution in [-0.4, -0.2) is 40.7 Å². The Bertz CT molecular complexity index is 753. The van der Waals surface area contributed by atoms with Crippen LogP contribution in [0.5, 0.6) is 0 Å². The first-order valence-corrected chi connectivity index (χ1v) is 8.61. The van der Waals surface area contributed by atoms with Crippen molar-refractivity contribution in [3.63, 3.8) is 0 Å². The van der Waals surface area contributed by atoms with Crippen LogP contribution >= 0.6 is 0 Å². The molecule has 0 saturated carbocycles. The van der Waals surface area contributed by atoms with E-state index >= 15 is 0 Å². The number of aromatic nitrogens is 2. The van der Waals surface area contributed by atoms with Crippen LogP contribution in [0.25, 0.3) is 0 Å². The average Bonchev–Trinajstić information content (AvgIpc) is 2.93. The zero-order valence-corrected chi connectivity index (χ0v) is 14.9. The fraction of sp³-hybridized carbons (Fsp3) is 0.474. The number of carbonyl (C=O) groups is 1. The molecule has 0 spiro atoms. The summed E-state index contributed by atoms with van der Waals surface area (Å²) in [6, 6.07) is 4.99. The topological polar surface area (TPSA) is 58.2 Å². The second kappa shape index (κ2) is 7.35. The number of hydrogen-bond donors (Lipinski definition) is 1. The van der Waals surface area contributed by atoms with Gasteiger partial charge in [0.15, 0.2) is 0 Å². The van der Waals surface area contributed by atoms with E-state index in [4.69, 9.17) is 4.74 Å². The summed E-state index contributed by atoms with van der Waals surface area (Å²) < 4.78 is 19.3. The molecule has 5 nitrogen and oxygen atoms in total. The van der Waals surface area contributed by atoms with Crippen LogP contribution in [0.15, 0.2) is 18.2 Å². The summed E-state index contributed by atoms with van der Waals surface area (Å²) >= 11 is 0. The summed E-state index contributed by atoms with van der Waals surface area (Å²) in [5, 5.41) is 7.13. The van der Waals surface area contributed by atoms with Crippen molar-refractivity contribution in [3.8, 4) is 0 Å². The molecule has 25 heavy (non-hydrogen) atoms. The number of nitrogens with zero attached hydrogens (tertiary/aromatic N) is 2. The lowest BCUT2D eigenvalue weighted by Crippen LogP contribution is -2.42. The van der Waals surface area contributed by atoms with Gasteiger partial charge in [-0.05, 0) is 49.9 Å². The molecule has 0 bridgehead atoms. The summed E-state index contributed by atoms with van der Waals surface area (Å²) in [5.41, 5.74) is 4.60. The maximum absolute atomic E-state index is 13.5. The number of aryl methyl sites for hydroxylation is 3. The van der Waals surface area contributed by atoms with Crippen molar-refractivity contribution in [2.45, 2.75) is 39.7 Å². The molecule has 1 aromatic carbocycles. The van der Waals surface area contributed by atoms with E-state index in [1.54, 1.807) is 19.1 Å². The van der Waals surface area contributed by atoms with E-state index in [1.807, 2.05) is 18.7 Å². The fourth-order valence-corrected chi connectivity index (χ4v) is 3.28. The molecular weight excluding hydrogens is 321 g/mol. The number of aromatic amines is 1. The Morgan fingerprint density at radius 2 is 2.20 bits per heavy atom. The third kappa shape index (κ3) is 3.90. The number of rotatable bonds is 4. The molecule has 1 saturated heterocycles. The largest absolute Gasteiger partial charge is 0.370 e. The van der Waals surface area contributed by atoms with E-state index in [9.17, 15) is 9.18 Å². The minimum atomic E-state index is -0.224. The zero-order valence-electron chi connectivity index (χ0n) is 14.9. The van der Waals surface area contributed by atoms with Crippen LogP contribution in [0.2, 0.25) is 0 Å². The van der Waals surface area contributed by atoms with Crippen LogP contribution in [-0.2, 0) is 16.0 Å². The molecule has 2 heterocycles. The third-order valence-electron chi connectivity index (χ3n) is 4.84. The summed E-state index contributed by atoms with van der Waals surface area (Å²) in [6.07, 6.45) is 0.940. The van der Waals surface area contributed by atoms with E-state index < -0.39 is 0 Å². The molecule has 1 unspecified atom stereocenters. The number of benzene rings is 1. The monoisotopic (exact) mass is 345 g/mol. The zero-order chi connectivity index (χ0) is 18.0. The number of ether oxygens (including phenoxy) is 1. The van der Waals surface area contributed by atoms with Crippen molar-refractivity contribution >= 4 is 5.91 Å². The Labute approximate surface area is 147 Å². The lowest BCUT2D eigenvalue weighted by atomic mass is 10.0. The van der Waals surface area contributed by atoms with E-state index in [1.165, 1.54) is 6.07 Å². The number of halogens is 1. The molecule has 2 aromatic rings. The highest BCUT2D eigenvalue weighted by Crippen LogP contribution is 2.24. The van der Waals surface area contributed by atoms with Crippen molar-refractivity contribution in [2.75, 3.05) is 19.7 Å². The second-order valence-corrected chi connectivity index (χ2v) is 6.62. The fourth-order valence-electron chi connectivity index (χ4n) is 3.28. The van der Waals surface area contributed by atoms with Crippen molar-refractivity contribution < 1.29 is 13.9 Å². The van der Waals surface area contributed by atoms with Gasteiger partial charge in [0.1, 0.15) is 11.9 Å². The summed E-state index contributed by atoms with van der Waals surface area (Å²) in [4.78, 5) is 14.4. The van der Waals surface area contributed by atoms with Crippen LogP contribution in [0, 0.1) is 26.6 Å². The van der Waals surface area contributed by atoms with E-state index in [0.717, 1.165) is 22.5 Å². The van der Waals surface area contributed by atoms with Gasteiger partial charge in [0.2, 0.25) is 5.91 Å². The van der Waals surface area contributed by atoms with E-state index in [-0.39, 0.29) is 17.8 Å². The smallest absolute Gasteiger partial charge is 0.223 e. The third-order valence-corrected chi connectivity index (χ3v) is 4.84. The van der Waals surface area contributed by atoms with Crippen molar-refractivity contribution in [3.05, 3.63) is 52.1 Å². The van der Waals surface area contributed by atoms with Crippen LogP contribution in [0.4, 0.5) is 4.39 Å². The maximum Gasteiger partial charge on any atom is 0.223 e. The Morgan fingerprint density at radius 3 is 2.88 bits per heavy atom. The van der Waals surface area contributed by atoms with Crippen LogP contribution < -0.4 is 0 Å². The van der Waals surface area contributed by atoms with Crippen LogP contribution in [0.3, 0.4) is 0 Å². The molecule has 1 N–H and O–H groups in total. The first-order valence-electron chi connectivity index (χ1n) is 8.61. The minimum Gasteiger partial charge on any atom is -0.370 e. The minimum absolute atomic E-state index is 0.118. The van der Waals surface area contributed by atoms with Gasteiger partial charge in [-0.25, -0.2) is 4.39 Å². The summed E-state index contributed by atoms with van der Waals surface area (Å²) in [5.74, 6) is -0.106. The van der Waals surface area contributed by atoms with Gasteiger partial charge < -0.3 is 9.64 Å². The summed E-state index contributed by atoms with van der Waals surface area (Å²) in [6.45, 7) is 7.26. The molecular formula is C19H24FN3O2. The van der Waals surface area contributed by atoms with Gasteiger partial charge in [-0.2, -0.15) is 5.10 Å². The normalized spacial score (nSPS) is 17.8. The first-order chi connectivity index (χ1) is 12.0. The Balaban J connectivity index is 1.62. The Kier molecular flexibility index (Phi) is 5.18. The van der Waals surface area contributed by atoms with Gasteiger partial charge in [-0.1, -0.05) is 12.1 Å². The summed E-state index contributed by atoms with van der Waals surface area (Å²) in [7, 11) is 0. The number of H-pyrrole nitrogens is 1. The van der Waals surface area contributed by atoms with Crippen molar-refractivity contribution in [1.29, 1.82) is 0 Å². The predicted molar refractivity (Wildman–Crippen MR) is 92.8 cm³/mol. The number of hydrogen-bond acceptors (Lipinski definition) is 3. The van der Waals surface area contributed by atoms with Gasteiger partial charge in [-0.3, -0.25) is 9.89 Å². The SMILES string of the molecule is Cc1cc(C2CN(C(=O)CCc3c(C)n[nH]c3C)CCO2)ccc1F. The Hall–Kier alpha value is -2.21. The Morgan fingerprint density at radius 1 is 1.40 bits per heavy atom. The molecule has 6 heteroatoms. The number of carbonyl (C=O) groups excluding carboxylic acids is 1. The van der Waals surface area contributed by atoms with Gasteiger partial charge in [0.05, 0.1) is 18.8 Å². The lowest BCUT2D eigenvalue weighted by molar-refractivity contribution is -0.139. The van der Waals surface area contributed by atoms with Gasteiger partial charge in [0.25, 0.3) is 0 Å². The molecule has 1 aliphatic heterocycles. The molecule has 0 radical (unpaired) electrons. The second-order valence-electron chi connectivity index (χ2n) is 6.62. The molecule has 1 aliphatic rings. The molecule has 134 valence electrons. The standard InChI is InChI=1S/C19H24FN3O2/c1-12-10-15(4-6-17(12)20)18-11-23(8-9-25-18)19(24)7-5-16-13(2)21-22-14(16)3/h4,6,10,18H,5,7-9,11H2,1-3H3,(H,21,22). The van der Waals surface area contributed by atoms with Crippen molar-refractivity contribution in [1.82, 2.24) is 15.1 Å². The van der Waals surface area contributed by atoms with E-state index in [2.05, 4.69) is 10.2 Å². The van der Waals surface area contributed by atoms with E-state index in [0.29, 0.717) is 38.1 Å². The predicted octanol–water partition coefficient (Wildman–Crippen LogP) is 3.01. The molecule has 1 fully saturated rings. The molecule has 1 amide bonds. The molecule has 3 rings (SSSR count). The maximum atomic E-state index is 13.5. The van der Waals surface area contributed by atoms with Gasteiger partial charge in [-0.15, -0.1) is 0 Å².